The van der Waals surface area contributed by atoms with Crippen LogP contribution in [0.5, 0.6) is 0 Å². The SMILES string of the molecule is CCn1c(C#CC(=O)Nc2ccnc(C(C)(C)C)c2)cc2cc(CNC3CCN(C)CC3)ccc21. The zero-order chi connectivity index (χ0) is 25.0. The number of fused-ring (bicyclic) bond motifs is 1. The van der Waals surface area contributed by atoms with Crippen molar-refractivity contribution in [2.45, 2.75) is 65.1 Å². The number of hydrogen-bond donors (Lipinski definition) is 2. The number of amides is 1. The van der Waals surface area contributed by atoms with Crippen molar-refractivity contribution in [3.63, 3.8) is 0 Å². The van der Waals surface area contributed by atoms with Gasteiger partial charge in [-0.15, -0.1) is 0 Å². The second-order valence-electron chi connectivity index (χ2n) is 10.5. The lowest BCUT2D eigenvalue weighted by atomic mass is 9.91. The molecule has 0 bridgehead atoms. The Morgan fingerprint density at radius 3 is 2.63 bits per heavy atom. The van der Waals surface area contributed by atoms with Crippen LogP contribution >= 0.6 is 0 Å². The molecule has 1 amide bonds. The second kappa shape index (κ2) is 10.6. The van der Waals surface area contributed by atoms with Gasteiger partial charge in [-0.05, 0) is 81.7 Å². The molecule has 1 aromatic carbocycles. The first-order chi connectivity index (χ1) is 16.7. The first-order valence-electron chi connectivity index (χ1n) is 12.6. The summed E-state index contributed by atoms with van der Waals surface area (Å²) in [5, 5.41) is 7.75. The van der Waals surface area contributed by atoms with Crippen LogP contribution in [0.15, 0.2) is 42.6 Å². The molecule has 1 aliphatic rings. The molecule has 0 unspecified atom stereocenters. The molecule has 0 radical (unpaired) electrons. The third-order valence-corrected chi connectivity index (χ3v) is 6.69. The number of anilines is 1. The standard InChI is InChI=1S/C29H37N5O/c1-6-34-25(8-10-28(35)32-24-11-14-30-27(19-24)29(2,3)4)18-22-17-21(7-9-26(22)34)20-31-23-12-15-33(5)16-13-23/h7,9,11,14,17-19,23,31H,6,12-13,15-16,20H2,1-5H3,(H,30,32,35). The zero-order valence-electron chi connectivity index (χ0n) is 21.6. The smallest absolute Gasteiger partial charge is 0.300 e. The highest BCUT2D eigenvalue weighted by atomic mass is 16.1. The van der Waals surface area contributed by atoms with Gasteiger partial charge in [-0.25, -0.2) is 0 Å². The highest BCUT2D eigenvalue weighted by Crippen LogP contribution is 2.23. The van der Waals surface area contributed by atoms with E-state index < -0.39 is 0 Å². The molecule has 6 nitrogen and oxygen atoms in total. The van der Waals surface area contributed by atoms with Gasteiger partial charge in [0.15, 0.2) is 0 Å². The summed E-state index contributed by atoms with van der Waals surface area (Å²) in [6, 6.07) is 13.0. The van der Waals surface area contributed by atoms with E-state index >= 15 is 0 Å². The average molecular weight is 472 g/mol. The summed E-state index contributed by atoms with van der Waals surface area (Å²) >= 11 is 0. The molecule has 0 spiro atoms. The van der Waals surface area contributed by atoms with Gasteiger partial charge in [-0.1, -0.05) is 26.8 Å². The molecule has 0 aliphatic carbocycles. The van der Waals surface area contributed by atoms with Crippen molar-refractivity contribution in [1.29, 1.82) is 0 Å². The summed E-state index contributed by atoms with van der Waals surface area (Å²) < 4.78 is 2.16. The van der Waals surface area contributed by atoms with Gasteiger partial charge in [0, 0.05) is 58.9 Å². The van der Waals surface area contributed by atoms with Crippen LogP contribution in [-0.4, -0.2) is 46.5 Å². The molecule has 184 valence electrons. The van der Waals surface area contributed by atoms with E-state index in [2.05, 4.69) is 95.9 Å². The number of nitrogens with zero attached hydrogens (tertiary/aromatic N) is 3. The van der Waals surface area contributed by atoms with Crippen LogP contribution in [-0.2, 0) is 23.3 Å². The molecular weight excluding hydrogens is 434 g/mol. The molecule has 0 saturated carbocycles. The lowest BCUT2D eigenvalue weighted by Crippen LogP contribution is -2.40. The molecule has 3 heterocycles. The molecule has 6 heteroatoms. The number of aromatic nitrogens is 2. The minimum atomic E-state index is -0.327. The van der Waals surface area contributed by atoms with Crippen molar-refractivity contribution in [3.8, 4) is 11.8 Å². The Hall–Kier alpha value is -3.14. The van der Waals surface area contributed by atoms with Gasteiger partial charge >= 0.3 is 5.91 Å². The Bertz CT molecular complexity index is 1250. The van der Waals surface area contributed by atoms with Crippen LogP contribution < -0.4 is 10.6 Å². The summed E-state index contributed by atoms with van der Waals surface area (Å²) in [6.45, 7) is 12.4. The number of rotatable bonds is 5. The maximum absolute atomic E-state index is 12.5. The summed E-state index contributed by atoms with van der Waals surface area (Å²) in [5.41, 5.74) is 4.81. The molecule has 35 heavy (non-hydrogen) atoms. The number of carbonyl (C=O) groups is 1. The summed E-state index contributed by atoms with van der Waals surface area (Å²) in [6.07, 6.45) is 4.12. The van der Waals surface area contributed by atoms with Crippen molar-refractivity contribution in [3.05, 3.63) is 59.5 Å². The Labute approximate surface area is 209 Å². The molecular formula is C29H37N5O. The van der Waals surface area contributed by atoms with Crippen molar-refractivity contribution >= 4 is 22.5 Å². The fraction of sp³-hybridized carbons (Fsp3) is 0.448. The van der Waals surface area contributed by atoms with E-state index in [0.717, 1.165) is 48.5 Å². The van der Waals surface area contributed by atoms with Crippen molar-refractivity contribution in [2.75, 3.05) is 25.5 Å². The number of pyridine rings is 1. The normalized spacial score (nSPS) is 15.1. The topological polar surface area (TPSA) is 62.2 Å². The van der Waals surface area contributed by atoms with E-state index in [0.29, 0.717) is 11.7 Å². The van der Waals surface area contributed by atoms with Gasteiger partial charge in [0.25, 0.3) is 0 Å². The predicted octanol–water partition coefficient (Wildman–Crippen LogP) is 4.53. The molecule has 3 aromatic rings. The summed E-state index contributed by atoms with van der Waals surface area (Å²) in [4.78, 5) is 19.3. The lowest BCUT2D eigenvalue weighted by Gasteiger charge is -2.29. The van der Waals surface area contributed by atoms with Crippen LogP contribution in [0, 0.1) is 11.8 Å². The van der Waals surface area contributed by atoms with Gasteiger partial charge in [0.2, 0.25) is 0 Å². The maximum Gasteiger partial charge on any atom is 0.300 e. The number of carbonyl (C=O) groups excluding carboxylic acids is 1. The fourth-order valence-corrected chi connectivity index (χ4v) is 4.55. The van der Waals surface area contributed by atoms with Crippen LogP contribution in [0.2, 0.25) is 0 Å². The number of likely N-dealkylation sites (tertiary alicyclic amines) is 1. The largest absolute Gasteiger partial charge is 0.334 e. The highest BCUT2D eigenvalue weighted by molar-refractivity contribution is 6.04. The van der Waals surface area contributed by atoms with Gasteiger partial charge in [0.05, 0.1) is 5.69 Å². The zero-order valence-corrected chi connectivity index (χ0v) is 21.6. The summed E-state index contributed by atoms with van der Waals surface area (Å²) in [5.74, 6) is 5.53. The molecule has 2 aromatic heterocycles. The van der Waals surface area contributed by atoms with Gasteiger partial charge < -0.3 is 20.1 Å². The number of hydrogen-bond acceptors (Lipinski definition) is 4. The second-order valence-corrected chi connectivity index (χ2v) is 10.5. The van der Waals surface area contributed by atoms with Crippen molar-refractivity contribution < 1.29 is 4.79 Å². The molecule has 0 atom stereocenters. The minimum Gasteiger partial charge on any atom is -0.334 e. The first kappa shape index (κ1) is 25.0. The monoisotopic (exact) mass is 471 g/mol. The Morgan fingerprint density at radius 1 is 1.14 bits per heavy atom. The number of piperidine rings is 1. The van der Waals surface area contributed by atoms with E-state index in [-0.39, 0.29) is 11.3 Å². The average Bonchev–Trinajstić information content (AvgIpc) is 3.18. The Morgan fingerprint density at radius 2 is 1.91 bits per heavy atom. The van der Waals surface area contributed by atoms with Crippen LogP contribution in [0.25, 0.3) is 10.9 Å². The van der Waals surface area contributed by atoms with E-state index in [1.165, 1.54) is 18.4 Å². The third-order valence-electron chi connectivity index (χ3n) is 6.69. The Kier molecular flexibility index (Phi) is 7.59. The predicted molar refractivity (Wildman–Crippen MR) is 143 cm³/mol. The summed E-state index contributed by atoms with van der Waals surface area (Å²) in [7, 11) is 2.19. The maximum atomic E-state index is 12.5. The number of aryl methyl sites for hydroxylation is 1. The number of benzene rings is 1. The van der Waals surface area contributed by atoms with E-state index in [9.17, 15) is 4.79 Å². The molecule has 1 fully saturated rings. The van der Waals surface area contributed by atoms with E-state index in [1.54, 1.807) is 12.3 Å². The Balaban J connectivity index is 1.46. The minimum absolute atomic E-state index is 0.0873. The molecule has 1 aliphatic heterocycles. The fourth-order valence-electron chi connectivity index (χ4n) is 4.55. The van der Waals surface area contributed by atoms with Gasteiger partial charge in [0.1, 0.15) is 0 Å². The van der Waals surface area contributed by atoms with Crippen LogP contribution in [0.3, 0.4) is 0 Å². The van der Waals surface area contributed by atoms with E-state index in [4.69, 9.17) is 0 Å². The quantitative estimate of drug-likeness (QED) is 0.537. The van der Waals surface area contributed by atoms with Crippen LogP contribution in [0.4, 0.5) is 5.69 Å². The first-order valence-corrected chi connectivity index (χ1v) is 12.6. The van der Waals surface area contributed by atoms with Crippen LogP contribution in [0.1, 0.15) is 57.5 Å². The van der Waals surface area contributed by atoms with Gasteiger partial charge in [-0.3, -0.25) is 9.78 Å². The van der Waals surface area contributed by atoms with E-state index in [1.807, 2.05) is 6.07 Å². The third kappa shape index (κ3) is 6.30. The molecule has 4 rings (SSSR count). The molecule has 2 N–H and O–H groups in total. The lowest BCUT2D eigenvalue weighted by molar-refractivity contribution is -0.111. The van der Waals surface area contributed by atoms with Gasteiger partial charge in [-0.2, -0.15) is 0 Å². The van der Waals surface area contributed by atoms with Crippen molar-refractivity contribution in [2.24, 2.45) is 0 Å². The van der Waals surface area contributed by atoms with Crippen molar-refractivity contribution in [1.82, 2.24) is 19.8 Å². The molecule has 1 saturated heterocycles. The number of nitrogens with one attached hydrogen (secondary N) is 2. The highest BCUT2D eigenvalue weighted by Gasteiger charge is 2.17.